The minimum absolute atomic E-state index is 0.0608. The van der Waals surface area contributed by atoms with Gasteiger partial charge in [-0.15, -0.1) is 0 Å². The summed E-state index contributed by atoms with van der Waals surface area (Å²) in [4.78, 5) is 14.8. The van der Waals surface area contributed by atoms with E-state index in [-0.39, 0.29) is 17.9 Å². The van der Waals surface area contributed by atoms with E-state index in [1.54, 1.807) is 6.92 Å². The molecular weight excluding hydrogens is 173 g/mol. The van der Waals surface area contributed by atoms with Crippen molar-refractivity contribution in [2.75, 3.05) is 6.61 Å². The van der Waals surface area contributed by atoms with Crippen molar-refractivity contribution in [3.8, 4) is 0 Å². The Labute approximate surface area is 75.6 Å². The Balaban J connectivity index is 3.01. The number of hydrogen-bond donors (Lipinski definition) is 0. The molecule has 0 unspecified atom stereocenters. The highest BCUT2D eigenvalue weighted by atomic mass is 19.1. The molecule has 13 heavy (non-hydrogen) atoms. The lowest BCUT2D eigenvalue weighted by atomic mass is 10.2. The van der Waals surface area contributed by atoms with Crippen LogP contribution in [0.2, 0.25) is 0 Å². The van der Waals surface area contributed by atoms with Gasteiger partial charge >= 0.3 is 5.97 Å². The van der Waals surface area contributed by atoms with Gasteiger partial charge in [0.1, 0.15) is 0 Å². The smallest absolute Gasteiger partial charge is 0.341 e. The van der Waals surface area contributed by atoms with Gasteiger partial charge in [0.05, 0.1) is 17.9 Å². The lowest BCUT2D eigenvalue weighted by Crippen LogP contribution is -2.08. The lowest BCUT2D eigenvalue weighted by molar-refractivity contribution is 0.0520. The van der Waals surface area contributed by atoms with Crippen LogP contribution < -0.4 is 0 Å². The first-order chi connectivity index (χ1) is 6.16. The first-order valence-electron chi connectivity index (χ1n) is 3.95. The summed E-state index contributed by atoms with van der Waals surface area (Å²) >= 11 is 0. The van der Waals surface area contributed by atoms with Gasteiger partial charge in [-0.1, -0.05) is 0 Å². The quantitative estimate of drug-likeness (QED) is 0.655. The van der Waals surface area contributed by atoms with Crippen LogP contribution >= 0.6 is 0 Å². The fraction of sp³-hybridized carbons (Fsp3) is 0.333. The summed E-state index contributed by atoms with van der Waals surface area (Å²) in [5, 5.41) is 0. The first kappa shape index (κ1) is 9.64. The molecular formula is C9H10FNO2. The van der Waals surface area contributed by atoms with E-state index < -0.39 is 11.8 Å². The number of pyridine rings is 1. The summed E-state index contributed by atoms with van der Waals surface area (Å²) in [6.07, 6.45) is 1.38. The molecule has 0 saturated carbocycles. The van der Waals surface area contributed by atoms with E-state index in [4.69, 9.17) is 0 Å². The third-order valence-corrected chi connectivity index (χ3v) is 1.56. The summed E-state index contributed by atoms with van der Waals surface area (Å²) in [5.41, 5.74) is 0.139. The fourth-order valence-electron chi connectivity index (χ4n) is 0.915. The zero-order valence-electron chi connectivity index (χ0n) is 7.50. The van der Waals surface area contributed by atoms with Crippen LogP contribution in [0.4, 0.5) is 4.39 Å². The molecule has 1 rings (SSSR count). The van der Waals surface area contributed by atoms with E-state index in [1.807, 2.05) is 0 Å². The summed E-state index contributed by atoms with van der Waals surface area (Å²) < 4.78 is 17.9. The molecule has 0 aliphatic carbocycles. The minimum Gasteiger partial charge on any atom is -0.462 e. The van der Waals surface area contributed by atoms with Crippen molar-refractivity contribution in [3.05, 3.63) is 29.3 Å². The van der Waals surface area contributed by atoms with Crippen LogP contribution in [0, 0.1) is 12.7 Å². The third kappa shape index (κ3) is 2.02. The van der Waals surface area contributed by atoms with Crippen LogP contribution in [0.25, 0.3) is 0 Å². The standard InChI is InChI=1S/C9H10FNO2/c1-3-13-9(12)7-4-5-11-6(2)8(7)10/h4-5H,3H2,1-2H3. The average molecular weight is 183 g/mol. The summed E-state index contributed by atoms with van der Waals surface area (Å²) in [6.45, 7) is 3.40. The number of ether oxygens (including phenoxy) is 1. The molecule has 4 heteroatoms. The second kappa shape index (κ2) is 3.98. The maximum absolute atomic E-state index is 13.2. The topological polar surface area (TPSA) is 39.2 Å². The van der Waals surface area contributed by atoms with E-state index in [1.165, 1.54) is 19.2 Å². The van der Waals surface area contributed by atoms with E-state index in [9.17, 15) is 9.18 Å². The summed E-state index contributed by atoms with van der Waals surface area (Å²) in [5.74, 6) is -1.26. The number of hydrogen-bond acceptors (Lipinski definition) is 3. The van der Waals surface area contributed by atoms with Crippen LogP contribution in [0.1, 0.15) is 23.0 Å². The van der Waals surface area contributed by atoms with Crippen molar-refractivity contribution in [1.82, 2.24) is 4.98 Å². The Morgan fingerprint density at radius 3 is 3.00 bits per heavy atom. The lowest BCUT2D eigenvalue weighted by Gasteiger charge is -2.03. The van der Waals surface area contributed by atoms with Crippen LogP contribution in [0.3, 0.4) is 0 Å². The Kier molecular flexibility index (Phi) is 2.95. The first-order valence-corrected chi connectivity index (χ1v) is 3.95. The predicted octanol–water partition coefficient (Wildman–Crippen LogP) is 1.71. The highest BCUT2D eigenvalue weighted by Gasteiger charge is 2.14. The molecule has 0 saturated heterocycles. The number of carbonyl (C=O) groups is 1. The van der Waals surface area contributed by atoms with Gasteiger partial charge in [0.2, 0.25) is 0 Å². The zero-order valence-corrected chi connectivity index (χ0v) is 7.50. The summed E-state index contributed by atoms with van der Waals surface area (Å²) in [7, 11) is 0. The molecule has 1 heterocycles. The minimum atomic E-state index is -0.648. The molecule has 1 aromatic heterocycles. The Hall–Kier alpha value is -1.45. The largest absolute Gasteiger partial charge is 0.462 e. The van der Waals surface area contributed by atoms with Gasteiger partial charge in [-0.25, -0.2) is 9.18 Å². The van der Waals surface area contributed by atoms with Gasteiger partial charge in [-0.2, -0.15) is 0 Å². The molecule has 0 atom stereocenters. The maximum atomic E-state index is 13.2. The van der Waals surface area contributed by atoms with Crippen LogP contribution in [-0.4, -0.2) is 17.6 Å². The Morgan fingerprint density at radius 2 is 2.38 bits per heavy atom. The van der Waals surface area contributed by atoms with Gasteiger partial charge in [0.25, 0.3) is 0 Å². The number of rotatable bonds is 2. The van der Waals surface area contributed by atoms with Crippen molar-refractivity contribution < 1.29 is 13.9 Å². The number of aryl methyl sites for hydroxylation is 1. The van der Waals surface area contributed by atoms with E-state index in [2.05, 4.69) is 9.72 Å². The van der Waals surface area contributed by atoms with Crippen LogP contribution in [-0.2, 0) is 4.74 Å². The van der Waals surface area contributed by atoms with Gasteiger partial charge < -0.3 is 4.74 Å². The fourth-order valence-corrected chi connectivity index (χ4v) is 0.915. The van der Waals surface area contributed by atoms with Gasteiger partial charge in [-0.3, -0.25) is 4.98 Å². The SMILES string of the molecule is CCOC(=O)c1ccnc(C)c1F. The maximum Gasteiger partial charge on any atom is 0.341 e. The van der Waals surface area contributed by atoms with Crippen molar-refractivity contribution in [3.63, 3.8) is 0 Å². The van der Waals surface area contributed by atoms with Crippen molar-refractivity contribution in [2.45, 2.75) is 13.8 Å². The number of esters is 1. The molecule has 0 aromatic carbocycles. The van der Waals surface area contributed by atoms with E-state index >= 15 is 0 Å². The van der Waals surface area contributed by atoms with E-state index in [0.29, 0.717) is 0 Å². The molecule has 0 aliphatic rings. The molecule has 3 nitrogen and oxygen atoms in total. The van der Waals surface area contributed by atoms with Crippen molar-refractivity contribution in [1.29, 1.82) is 0 Å². The Morgan fingerprint density at radius 1 is 1.69 bits per heavy atom. The zero-order chi connectivity index (χ0) is 9.84. The van der Waals surface area contributed by atoms with Crippen molar-refractivity contribution >= 4 is 5.97 Å². The highest BCUT2D eigenvalue weighted by molar-refractivity contribution is 5.89. The van der Waals surface area contributed by atoms with Crippen LogP contribution in [0.5, 0.6) is 0 Å². The van der Waals surface area contributed by atoms with Gasteiger partial charge in [0.15, 0.2) is 5.82 Å². The predicted molar refractivity (Wildman–Crippen MR) is 44.9 cm³/mol. The van der Waals surface area contributed by atoms with Gasteiger partial charge in [-0.05, 0) is 19.9 Å². The monoisotopic (exact) mass is 183 g/mol. The molecule has 0 radical (unpaired) electrons. The molecule has 0 fully saturated rings. The Bertz CT molecular complexity index is 325. The normalized spacial score (nSPS) is 9.77. The summed E-state index contributed by atoms with van der Waals surface area (Å²) in [6, 6.07) is 1.31. The van der Waals surface area contributed by atoms with Crippen molar-refractivity contribution in [2.24, 2.45) is 0 Å². The molecule has 0 spiro atoms. The molecule has 70 valence electrons. The number of halogens is 1. The number of carbonyl (C=O) groups excluding carboxylic acids is 1. The van der Waals surface area contributed by atoms with Crippen LogP contribution in [0.15, 0.2) is 12.3 Å². The number of aromatic nitrogens is 1. The third-order valence-electron chi connectivity index (χ3n) is 1.56. The molecule has 0 N–H and O–H groups in total. The van der Waals surface area contributed by atoms with E-state index in [0.717, 1.165) is 0 Å². The van der Waals surface area contributed by atoms with Gasteiger partial charge in [0, 0.05) is 6.20 Å². The molecule has 0 bridgehead atoms. The second-order valence-corrected chi connectivity index (χ2v) is 2.48. The number of nitrogens with zero attached hydrogens (tertiary/aromatic N) is 1. The second-order valence-electron chi connectivity index (χ2n) is 2.48. The average Bonchev–Trinajstić information content (AvgIpc) is 2.10. The molecule has 0 amide bonds. The molecule has 0 aliphatic heterocycles. The molecule has 1 aromatic rings. The highest BCUT2D eigenvalue weighted by Crippen LogP contribution is 2.10.